The van der Waals surface area contributed by atoms with Crippen molar-refractivity contribution in [3.8, 4) is 0 Å². The molecule has 27 heavy (non-hydrogen) atoms. The minimum atomic E-state index is -3.70. The molecule has 2 aromatic rings. The predicted molar refractivity (Wildman–Crippen MR) is 97.5 cm³/mol. The summed E-state index contributed by atoms with van der Waals surface area (Å²) in [6, 6.07) is 11.7. The second kappa shape index (κ2) is 8.38. The van der Waals surface area contributed by atoms with Gasteiger partial charge in [-0.2, -0.15) is 9.41 Å². The van der Waals surface area contributed by atoms with Gasteiger partial charge in [0.1, 0.15) is 5.82 Å². The van der Waals surface area contributed by atoms with E-state index in [1.165, 1.54) is 46.9 Å². The third-order valence-corrected chi connectivity index (χ3v) is 5.87. The number of benzene rings is 2. The van der Waals surface area contributed by atoms with Gasteiger partial charge in [0, 0.05) is 24.2 Å². The number of sulfonamides is 1. The van der Waals surface area contributed by atoms with Crippen LogP contribution in [0.2, 0.25) is 0 Å². The molecule has 1 amide bonds. The molecule has 0 bridgehead atoms. The number of nitrogens with one attached hydrogen (secondary N) is 1. The largest absolute Gasteiger partial charge is 0.379 e. The molecule has 9 heteroatoms. The molecule has 0 spiro atoms. The van der Waals surface area contributed by atoms with Crippen molar-refractivity contribution in [2.24, 2.45) is 5.10 Å². The highest BCUT2D eigenvalue weighted by Gasteiger charge is 2.26. The molecule has 7 nitrogen and oxygen atoms in total. The number of hydrogen-bond acceptors (Lipinski definition) is 5. The number of nitrogens with zero attached hydrogens (tertiary/aromatic N) is 2. The molecule has 2 aromatic carbocycles. The zero-order chi connectivity index (χ0) is 19.3. The minimum absolute atomic E-state index is 0.0233. The summed E-state index contributed by atoms with van der Waals surface area (Å²) >= 11 is 0. The van der Waals surface area contributed by atoms with Gasteiger partial charge in [-0.15, -0.1) is 0 Å². The van der Waals surface area contributed by atoms with Crippen molar-refractivity contribution in [3.63, 3.8) is 0 Å². The van der Waals surface area contributed by atoms with Gasteiger partial charge in [-0.3, -0.25) is 4.79 Å². The van der Waals surface area contributed by atoms with E-state index in [0.717, 1.165) is 0 Å². The number of halogens is 1. The summed E-state index contributed by atoms with van der Waals surface area (Å²) in [7, 11) is -3.70. The fourth-order valence-corrected chi connectivity index (χ4v) is 3.99. The Morgan fingerprint density at radius 1 is 1.15 bits per heavy atom. The third kappa shape index (κ3) is 4.57. The van der Waals surface area contributed by atoms with Crippen LogP contribution in [0.3, 0.4) is 0 Å². The quantitative estimate of drug-likeness (QED) is 0.620. The van der Waals surface area contributed by atoms with E-state index < -0.39 is 21.7 Å². The number of carbonyl (C=O) groups excluding carboxylic acids is 1. The Kier molecular flexibility index (Phi) is 5.94. The summed E-state index contributed by atoms with van der Waals surface area (Å²) < 4.78 is 45.3. The van der Waals surface area contributed by atoms with Gasteiger partial charge >= 0.3 is 0 Å². The van der Waals surface area contributed by atoms with Crippen molar-refractivity contribution >= 4 is 22.1 Å². The lowest BCUT2D eigenvalue weighted by Crippen LogP contribution is -2.40. The van der Waals surface area contributed by atoms with Crippen molar-refractivity contribution in [1.82, 2.24) is 9.73 Å². The normalized spacial score (nSPS) is 15.7. The van der Waals surface area contributed by atoms with Crippen LogP contribution < -0.4 is 5.43 Å². The Morgan fingerprint density at radius 3 is 2.63 bits per heavy atom. The molecule has 0 aromatic heterocycles. The van der Waals surface area contributed by atoms with Crippen LogP contribution in [0, 0.1) is 5.82 Å². The first-order valence-electron chi connectivity index (χ1n) is 8.24. The smallest absolute Gasteiger partial charge is 0.271 e. The Hall–Kier alpha value is -2.62. The molecule has 1 aliphatic rings. The number of rotatable bonds is 5. The highest BCUT2D eigenvalue weighted by Crippen LogP contribution is 2.18. The van der Waals surface area contributed by atoms with Crippen LogP contribution in [0.1, 0.15) is 15.9 Å². The van der Waals surface area contributed by atoms with E-state index in [0.29, 0.717) is 13.2 Å². The van der Waals surface area contributed by atoms with E-state index >= 15 is 0 Å². The second-order valence-corrected chi connectivity index (χ2v) is 7.70. The van der Waals surface area contributed by atoms with Crippen molar-refractivity contribution in [3.05, 3.63) is 65.5 Å². The van der Waals surface area contributed by atoms with Crippen molar-refractivity contribution in [1.29, 1.82) is 0 Å². The molecule has 1 heterocycles. The van der Waals surface area contributed by atoms with Gasteiger partial charge in [-0.05, 0) is 24.3 Å². The van der Waals surface area contributed by atoms with Gasteiger partial charge in [0.15, 0.2) is 0 Å². The van der Waals surface area contributed by atoms with Crippen molar-refractivity contribution in [2.45, 2.75) is 4.90 Å². The summed E-state index contributed by atoms with van der Waals surface area (Å²) in [6.07, 6.45) is 1.18. The summed E-state index contributed by atoms with van der Waals surface area (Å²) in [5.74, 6) is -1.06. The van der Waals surface area contributed by atoms with Crippen LogP contribution in [-0.4, -0.2) is 51.1 Å². The lowest BCUT2D eigenvalue weighted by molar-refractivity contribution is 0.0730. The van der Waals surface area contributed by atoms with Crippen molar-refractivity contribution < 1.29 is 22.3 Å². The highest BCUT2D eigenvalue weighted by molar-refractivity contribution is 7.89. The maximum Gasteiger partial charge on any atom is 0.271 e. The summed E-state index contributed by atoms with van der Waals surface area (Å²) in [4.78, 5) is 12.3. The molecule has 1 saturated heterocycles. The monoisotopic (exact) mass is 391 g/mol. The van der Waals surface area contributed by atoms with Gasteiger partial charge in [0.2, 0.25) is 10.0 Å². The first-order chi connectivity index (χ1) is 13.0. The van der Waals surface area contributed by atoms with E-state index in [-0.39, 0.29) is 29.1 Å². The zero-order valence-electron chi connectivity index (χ0n) is 14.3. The van der Waals surface area contributed by atoms with Gasteiger partial charge in [-0.1, -0.05) is 24.3 Å². The molecule has 3 rings (SSSR count). The van der Waals surface area contributed by atoms with Crippen molar-refractivity contribution in [2.75, 3.05) is 26.3 Å². The first kappa shape index (κ1) is 19.2. The van der Waals surface area contributed by atoms with Gasteiger partial charge < -0.3 is 4.74 Å². The maximum absolute atomic E-state index is 13.5. The van der Waals surface area contributed by atoms with Crippen LogP contribution >= 0.6 is 0 Å². The van der Waals surface area contributed by atoms with E-state index in [9.17, 15) is 17.6 Å². The average molecular weight is 391 g/mol. The van der Waals surface area contributed by atoms with Crippen LogP contribution in [-0.2, 0) is 14.8 Å². The lowest BCUT2D eigenvalue weighted by atomic mass is 10.2. The molecule has 1 aliphatic heterocycles. The van der Waals surface area contributed by atoms with E-state index in [2.05, 4.69) is 10.5 Å². The molecule has 0 aliphatic carbocycles. The molecule has 0 saturated carbocycles. The predicted octanol–water partition coefficient (Wildman–Crippen LogP) is 1.61. The zero-order valence-corrected chi connectivity index (χ0v) is 15.2. The number of hydrogen-bond donors (Lipinski definition) is 1. The van der Waals surface area contributed by atoms with Gasteiger partial charge in [0.05, 0.1) is 24.3 Å². The molecule has 142 valence electrons. The standard InChI is InChI=1S/C18H18FN3O4S/c19-17-7-2-1-4-15(17)13-20-21-18(23)14-5-3-6-16(12-14)27(24,25)22-8-10-26-11-9-22/h1-7,12-13H,8-11H2,(H,21,23). The fraction of sp³-hybridized carbons (Fsp3) is 0.222. The SMILES string of the molecule is O=C(NN=Cc1ccccc1F)c1cccc(S(=O)(=O)N2CCOCC2)c1. The molecule has 0 atom stereocenters. The van der Waals surface area contributed by atoms with Crippen LogP contribution in [0.5, 0.6) is 0 Å². The third-order valence-electron chi connectivity index (χ3n) is 3.98. The topological polar surface area (TPSA) is 88.1 Å². The summed E-state index contributed by atoms with van der Waals surface area (Å²) in [5.41, 5.74) is 2.63. The minimum Gasteiger partial charge on any atom is -0.379 e. The van der Waals surface area contributed by atoms with Gasteiger partial charge in [0.25, 0.3) is 5.91 Å². The van der Waals surface area contributed by atoms with Crippen LogP contribution in [0.25, 0.3) is 0 Å². The number of amides is 1. The maximum atomic E-state index is 13.5. The highest BCUT2D eigenvalue weighted by atomic mass is 32.2. The van der Waals surface area contributed by atoms with Gasteiger partial charge in [-0.25, -0.2) is 18.2 Å². The number of ether oxygens (including phenoxy) is 1. The van der Waals surface area contributed by atoms with Crippen LogP contribution in [0.15, 0.2) is 58.5 Å². The molecule has 1 fully saturated rings. The molecule has 0 unspecified atom stereocenters. The average Bonchev–Trinajstić information content (AvgIpc) is 2.70. The Labute approximate surface area is 156 Å². The Bertz CT molecular complexity index is 957. The Balaban J connectivity index is 1.73. The van der Waals surface area contributed by atoms with E-state index in [1.54, 1.807) is 12.1 Å². The fourth-order valence-electron chi connectivity index (χ4n) is 2.54. The number of carbonyl (C=O) groups is 1. The second-order valence-electron chi connectivity index (χ2n) is 5.76. The number of morpholine rings is 1. The molecular formula is C18H18FN3O4S. The lowest BCUT2D eigenvalue weighted by Gasteiger charge is -2.26. The first-order valence-corrected chi connectivity index (χ1v) is 9.68. The van der Waals surface area contributed by atoms with Crippen LogP contribution in [0.4, 0.5) is 4.39 Å². The molecule has 1 N–H and O–H groups in total. The van der Waals surface area contributed by atoms with E-state index in [1.807, 2.05) is 0 Å². The summed E-state index contributed by atoms with van der Waals surface area (Å²) in [5, 5.41) is 3.72. The summed E-state index contributed by atoms with van der Waals surface area (Å²) in [6.45, 7) is 1.21. The van der Waals surface area contributed by atoms with E-state index in [4.69, 9.17) is 4.74 Å². The molecule has 0 radical (unpaired) electrons. The Morgan fingerprint density at radius 2 is 1.89 bits per heavy atom. The number of hydrazone groups is 1. The molecular weight excluding hydrogens is 373 g/mol.